The minimum Gasteiger partial charge on any atom is -0.341 e. The van der Waals surface area contributed by atoms with Gasteiger partial charge in [0.15, 0.2) is 0 Å². The van der Waals surface area contributed by atoms with Crippen LogP contribution in [0.5, 0.6) is 0 Å². The standard InChI is InChI=1S/C18H18F3NO/c1-13-7-3-4-8-14(13)11-17(23)22(2)12-15-9-5-6-10-16(15)18(19,20)21/h3-10H,11-12H2,1-2H3. The normalized spacial score (nSPS) is 11.3. The first-order chi connectivity index (χ1) is 10.8. The summed E-state index contributed by atoms with van der Waals surface area (Å²) in [6.07, 6.45) is -4.24. The number of hydrogen-bond acceptors (Lipinski definition) is 1. The van der Waals surface area contributed by atoms with Gasteiger partial charge in [-0.1, -0.05) is 42.5 Å². The van der Waals surface area contributed by atoms with E-state index < -0.39 is 11.7 Å². The summed E-state index contributed by atoms with van der Waals surface area (Å²) >= 11 is 0. The quantitative estimate of drug-likeness (QED) is 0.826. The number of nitrogens with zero attached hydrogens (tertiary/aromatic N) is 1. The Bertz CT molecular complexity index is 695. The van der Waals surface area contributed by atoms with E-state index >= 15 is 0 Å². The summed E-state index contributed by atoms with van der Waals surface area (Å²) in [7, 11) is 1.52. The highest BCUT2D eigenvalue weighted by molar-refractivity contribution is 5.78. The van der Waals surface area contributed by atoms with Gasteiger partial charge in [0, 0.05) is 13.6 Å². The molecule has 0 spiro atoms. The zero-order valence-corrected chi connectivity index (χ0v) is 13.0. The van der Waals surface area contributed by atoms with Crippen LogP contribution in [0.3, 0.4) is 0 Å². The molecule has 1 amide bonds. The Balaban J connectivity index is 2.12. The number of amides is 1. The van der Waals surface area contributed by atoms with Crippen LogP contribution >= 0.6 is 0 Å². The Morgan fingerprint density at radius 1 is 1.00 bits per heavy atom. The number of likely N-dealkylation sites (N-methyl/N-ethyl adjacent to an activating group) is 1. The number of hydrogen-bond donors (Lipinski definition) is 0. The molecule has 0 heterocycles. The SMILES string of the molecule is Cc1ccccc1CC(=O)N(C)Cc1ccccc1C(F)(F)F. The topological polar surface area (TPSA) is 20.3 Å². The summed E-state index contributed by atoms with van der Waals surface area (Å²) in [6, 6.07) is 12.8. The van der Waals surface area contributed by atoms with Gasteiger partial charge in [-0.15, -0.1) is 0 Å². The van der Waals surface area contributed by atoms with Crippen molar-refractivity contribution < 1.29 is 18.0 Å². The Kier molecular flexibility index (Phi) is 5.08. The lowest BCUT2D eigenvalue weighted by Crippen LogP contribution is -2.29. The molecule has 2 aromatic carbocycles. The van der Waals surface area contributed by atoms with Crippen molar-refractivity contribution in [2.24, 2.45) is 0 Å². The van der Waals surface area contributed by atoms with Gasteiger partial charge in [0.05, 0.1) is 12.0 Å². The summed E-state index contributed by atoms with van der Waals surface area (Å²) in [4.78, 5) is 13.6. The van der Waals surface area contributed by atoms with Crippen molar-refractivity contribution in [2.75, 3.05) is 7.05 Å². The molecule has 0 bridgehead atoms. The Hall–Kier alpha value is -2.30. The zero-order chi connectivity index (χ0) is 17.0. The van der Waals surface area contributed by atoms with Crippen LogP contribution in [0.1, 0.15) is 22.3 Å². The second-order valence-corrected chi connectivity index (χ2v) is 5.51. The molecule has 0 unspecified atom stereocenters. The number of rotatable bonds is 4. The highest BCUT2D eigenvalue weighted by Gasteiger charge is 2.33. The number of carbonyl (C=O) groups excluding carboxylic acids is 1. The maximum absolute atomic E-state index is 13.0. The van der Waals surface area contributed by atoms with E-state index in [1.165, 1.54) is 24.1 Å². The highest BCUT2D eigenvalue weighted by atomic mass is 19.4. The molecule has 0 aliphatic rings. The molecular weight excluding hydrogens is 303 g/mol. The zero-order valence-electron chi connectivity index (χ0n) is 13.0. The van der Waals surface area contributed by atoms with Gasteiger partial charge in [-0.2, -0.15) is 13.2 Å². The highest BCUT2D eigenvalue weighted by Crippen LogP contribution is 2.32. The summed E-state index contributed by atoms with van der Waals surface area (Å²) < 4.78 is 39.0. The fraction of sp³-hybridized carbons (Fsp3) is 0.278. The van der Waals surface area contributed by atoms with Gasteiger partial charge in [0.25, 0.3) is 0 Å². The van der Waals surface area contributed by atoms with Crippen LogP contribution < -0.4 is 0 Å². The third-order valence-corrected chi connectivity index (χ3v) is 3.76. The fourth-order valence-electron chi connectivity index (χ4n) is 2.38. The molecular formula is C18H18F3NO. The largest absolute Gasteiger partial charge is 0.416 e. The molecule has 0 aromatic heterocycles. The third kappa shape index (κ3) is 4.34. The van der Waals surface area contributed by atoms with Gasteiger partial charge >= 0.3 is 6.18 Å². The first-order valence-corrected chi connectivity index (χ1v) is 7.22. The molecule has 0 saturated heterocycles. The van der Waals surface area contributed by atoms with Gasteiger partial charge in [-0.05, 0) is 29.7 Å². The minimum absolute atomic E-state index is 0.0690. The predicted molar refractivity (Wildman–Crippen MR) is 82.8 cm³/mol. The molecule has 0 fully saturated rings. The van der Waals surface area contributed by atoms with E-state index in [-0.39, 0.29) is 24.4 Å². The molecule has 0 aliphatic heterocycles. The van der Waals surface area contributed by atoms with Crippen LogP contribution in [-0.4, -0.2) is 17.9 Å². The van der Waals surface area contributed by atoms with E-state index in [2.05, 4.69) is 0 Å². The average Bonchev–Trinajstić information content (AvgIpc) is 2.49. The van der Waals surface area contributed by atoms with Crippen LogP contribution in [0.15, 0.2) is 48.5 Å². The van der Waals surface area contributed by atoms with Gasteiger partial charge in [-0.25, -0.2) is 0 Å². The van der Waals surface area contributed by atoms with Crippen molar-refractivity contribution in [2.45, 2.75) is 26.1 Å². The molecule has 0 atom stereocenters. The number of carbonyl (C=O) groups is 1. The summed E-state index contributed by atoms with van der Waals surface area (Å²) in [5, 5.41) is 0. The molecule has 2 aromatic rings. The van der Waals surface area contributed by atoms with Crippen LogP contribution in [0.25, 0.3) is 0 Å². The summed E-state index contributed by atoms with van der Waals surface area (Å²) in [6.45, 7) is 1.84. The second kappa shape index (κ2) is 6.86. The fourth-order valence-corrected chi connectivity index (χ4v) is 2.38. The summed E-state index contributed by atoms with van der Waals surface area (Å²) in [5.41, 5.74) is 1.27. The Morgan fingerprint density at radius 2 is 1.57 bits per heavy atom. The molecule has 0 aliphatic carbocycles. The summed E-state index contributed by atoms with van der Waals surface area (Å²) in [5.74, 6) is -0.212. The van der Waals surface area contributed by atoms with Crippen molar-refractivity contribution >= 4 is 5.91 Å². The predicted octanol–water partition coefficient (Wildman–Crippen LogP) is 4.21. The van der Waals surface area contributed by atoms with Crippen molar-refractivity contribution in [3.05, 3.63) is 70.8 Å². The molecule has 5 heteroatoms. The van der Waals surface area contributed by atoms with Crippen molar-refractivity contribution in [3.63, 3.8) is 0 Å². The van der Waals surface area contributed by atoms with Crippen molar-refractivity contribution in [1.82, 2.24) is 4.90 Å². The smallest absolute Gasteiger partial charge is 0.341 e. The van der Waals surface area contributed by atoms with Gasteiger partial charge in [0.1, 0.15) is 0 Å². The van der Waals surface area contributed by atoms with Gasteiger partial charge in [0.2, 0.25) is 5.91 Å². The van der Waals surface area contributed by atoms with Gasteiger partial charge < -0.3 is 4.90 Å². The lowest BCUT2D eigenvalue weighted by Gasteiger charge is -2.20. The van der Waals surface area contributed by atoms with E-state index in [1.807, 2.05) is 31.2 Å². The van der Waals surface area contributed by atoms with Crippen LogP contribution in [0.2, 0.25) is 0 Å². The molecule has 122 valence electrons. The van der Waals surface area contributed by atoms with Crippen LogP contribution in [0, 0.1) is 6.92 Å². The molecule has 23 heavy (non-hydrogen) atoms. The average molecular weight is 321 g/mol. The Labute approximate surface area is 133 Å². The molecule has 2 nitrogen and oxygen atoms in total. The number of halogens is 3. The van der Waals surface area contributed by atoms with E-state index in [4.69, 9.17) is 0 Å². The lowest BCUT2D eigenvalue weighted by molar-refractivity contribution is -0.139. The lowest BCUT2D eigenvalue weighted by atomic mass is 10.0. The van der Waals surface area contributed by atoms with E-state index in [1.54, 1.807) is 6.07 Å². The third-order valence-electron chi connectivity index (χ3n) is 3.76. The molecule has 0 N–H and O–H groups in total. The maximum atomic E-state index is 13.0. The first kappa shape index (κ1) is 17.1. The number of benzene rings is 2. The van der Waals surface area contributed by atoms with Crippen molar-refractivity contribution in [3.8, 4) is 0 Å². The number of alkyl halides is 3. The van der Waals surface area contributed by atoms with Crippen LogP contribution in [0.4, 0.5) is 13.2 Å². The van der Waals surface area contributed by atoms with E-state index in [0.717, 1.165) is 17.2 Å². The minimum atomic E-state index is -4.42. The van der Waals surface area contributed by atoms with Crippen molar-refractivity contribution in [1.29, 1.82) is 0 Å². The molecule has 0 saturated carbocycles. The molecule has 2 rings (SSSR count). The second-order valence-electron chi connectivity index (χ2n) is 5.51. The number of aryl methyl sites for hydroxylation is 1. The Morgan fingerprint density at radius 3 is 2.17 bits per heavy atom. The monoisotopic (exact) mass is 321 g/mol. The van der Waals surface area contributed by atoms with E-state index in [9.17, 15) is 18.0 Å². The van der Waals surface area contributed by atoms with Crippen LogP contribution in [-0.2, 0) is 23.9 Å². The maximum Gasteiger partial charge on any atom is 0.416 e. The van der Waals surface area contributed by atoms with Gasteiger partial charge in [-0.3, -0.25) is 4.79 Å². The molecule has 0 radical (unpaired) electrons. The first-order valence-electron chi connectivity index (χ1n) is 7.22. The van der Waals surface area contributed by atoms with E-state index in [0.29, 0.717) is 0 Å².